The molecular formula is C39H49F6N9O8. The van der Waals surface area contributed by atoms with Crippen molar-refractivity contribution in [1.29, 1.82) is 0 Å². The highest BCUT2D eigenvalue weighted by Crippen LogP contribution is 2.25. The Balaban J connectivity index is 0.00000117. The number of hydrogen-bond donors (Lipinski definition) is 10. The molecule has 0 bridgehead atoms. The number of guanidine groups is 1. The topological polar surface area (TPSA) is 293 Å². The van der Waals surface area contributed by atoms with Crippen molar-refractivity contribution in [3.63, 3.8) is 0 Å². The van der Waals surface area contributed by atoms with Crippen LogP contribution < -0.4 is 43.8 Å². The van der Waals surface area contributed by atoms with Crippen molar-refractivity contribution in [3.05, 3.63) is 107 Å². The first-order valence-electron chi connectivity index (χ1n) is 18.6. The monoisotopic (exact) mass is 885 g/mol. The largest absolute Gasteiger partial charge is 0.490 e. The Morgan fingerprint density at radius 1 is 0.613 bits per heavy atom. The van der Waals surface area contributed by atoms with Crippen molar-refractivity contribution in [3.8, 4) is 0 Å². The second-order valence-corrected chi connectivity index (χ2v) is 12.8. The number of halogens is 6. The molecule has 0 saturated carbocycles. The second-order valence-electron chi connectivity index (χ2n) is 12.8. The molecule has 0 unspecified atom stereocenters. The smallest absolute Gasteiger partial charge is 0.475 e. The summed E-state index contributed by atoms with van der Waals surface area (Å²) in [5.74, 6) is -6.95. The van der Waals surface area contributed by atoms with Gasteiger partial charge in [-0.05, 0) is 47.9 Å². The van der Waals surface area contributed by atoms with Gasteiger partial charge in [0.25, 0.3) is 0 Å². The number of carboxylic acid groups (broad SMARTS) is 2. The van der Waals surface area contributed by atoms with E-state index in [1.807, 2.05) is 84.9 Å². The Labute approximate surface area is 351 Å². The van der Waals surface area contributed by atoms with Crippen molar-refractivity contribution in [1.82, 2.24) is 26.6 Å². The Morgan fingerprint density at radius 2 is 1.05 bits per heavy atom. The zero-order valence-corrected chi connectivity index (χ0v) is 33.1. The van der Waals surface area contributed by atoms with Crippen LogP contribution in [0, 0.1) is 0 Å². The molecule has 1 atom stereocenters. The molecule has 0 spiro atoms. The van der Waals surface area contributed by atoms with E-state index >= 15 is 0 Å². The first kappa shape index (κ1) is 53.1. The molecular weight excluding hydrogens is 836 g/mol. The quantitative estimate of drug-likeness (QED) is 0.0361. The predicted molar refractivity (Wildman–Crippen MR) is 214 cm³/mol. The fourth-order valence-electron chi connectivity index (χ4n) is 4.90. The van der Waals surface area contributed by atoms with Crippen LogP contribution in [-0.4, -0.2) is 96.4 Å². The molecule has 0 aliphatic heterocycles. The molecule has 3 aromatic rings. The summed E-state index contributed by atoms with van der Waals surface area (Å²) >= 11 is 0. The molecule has 3 rings (SSSR count). The minimum Gasteiger partial charge on any atom is -0.475 e. The molecule has 3 aromatic carbocycles. The lowest BCUT2D eigenvalue weighted by Gasteiger charge is -2.23. The number of benzene rings is 3. The number of rotatable bonds is 19. The molecule has 0 heterocycles. The van der Waals surface area contributed by atoms with Crippen LogP contribution in [0.4, 0.5) is 31.1 Å². The highest BCUT2D eigenvalue weighted by molar-refractivity contribution is 5.92. The lowest BCUT2D eigenvalue weighted by Crippen LogP contribution is -2.48. The summed E-state index contributed by atoms with van der Waals surface area (Å²) in [7, 11) is 0. The average Bonchev–Trinajstić information content (AvgIpc) is 3.22. The van der Waals surface area contributed by atoms with Crippen LogP contribution in [-0.2, 0) is 37.1 Å². The minimum absolute atomic E-state index is 0.0327. The normalized spacial score (nSPS) is 11.2. The van der Waals surface area contributed by atoms with Crippen LogP contribution in [0.5, 0.6) is 0 Å². The van der Waals surface area contributed by atoms with E-state index in [-0.39, 0.29) is 42.8 Å². The van der Waals surface area contributed by atoms with Gasteiger partial charge in [0.15, 0.2) is 5.96 Å². The lowest BCUT2D eigenvalue weighted by molar-refractivity contribution is -0.193. The van der Waals surface area contributed by atoms with Gasteiger partial charge in [-0.2, -0.15) is 26.3 Å². The molecule has 0 radical (unpaired) electrons. The van der Waals surface area contributed by atoms with Gasteiger partial charge in [-0.15, -0.1) is 0 Å². The number of nitrogens with one attached hydrogen (secondary N) is 5. The molecule has 5 amide bonds. The maximum absolute atomic E-state index is 13.7. The van der Waals surface area contributed by atoms with Crippen molar-refractivity contribution in [2.45, 2.75) is 63.1 Å². The van der Waals surface area contributed by atoms with Gasteiger partial charge in [-0.25, -0.2) is 14.4 Å². The van der Waals surface area contributed by atoms with E-state index < -0.39 is 36.3 Å². The Bertz CT molecular complexity index is 1820. The maximum Gasteiger partial charge on any atom is 0.490 e. The van der Waals surface area contributed by atoms with Crippen molar-refractivity contribution < 1.29 is 65.3 Å². The van der Waals surface area contributed by atoms with Gasteiger partial charge < -0.3 is 54.0 Å². The van der Waals surface area contributed by atoms with Crippen molar-refractivity contribution in [2.24, 2.45) is 22.2 Å². The van der Waals surface area contributed by atoms with Crippen LogP contribution in [0.2, 0.25) is 0 Å². The fourth-order valence-corrected chi connectivity index (χ4v) is 4.90. The Hall–Kier alpha value is -6.91. The summed E-state index contributed by atoms with van der Waals surface area (Å²) < 4.78 is 63.5. The van der Waals surface area contributed by atoms with Gasteiger partial charge in [-0.3, -0.25) is 19.4 Å². The van der Waals surface area contributed by atoms with Crippen molar-refractivity contribution >= 4 is 41.7 Å². The molecule has 23 heteroatoms. The van der Waals surface area contributed by atoms with Crippen molar-refractivity contribution in [2.75, 3.05) is 26.2 Å². The predicted octanol–water partition coefficient (Wildman–Crippen LogP) is 2.59. The van der Waals surface area contributed by atoms with Gasteiger partial charge >= 0.3 is 30.3 Å². The van der Waals surface area contributed by atoms with Crippen LogP contribution in [0.1, 0.15) is 53.9 Å². The summed E-state index contributed by atoms with van der Waals surface area (Å²) in [6, 6.07) is 25.3. The van der Waals surface area contributed by atoms with E-state index in [0.717, 1.165) is 35.1 Å². The number of carbonyl (C=O) groups excluding carboxylic acids is 4. The third-order valence-corrected chi connectivity index (χ3v) is 7.93. The van der Waals surface area contributed by atoms with E-state index in [2.05, 4.69) is 31.6 Å². The number of alkyl halides is 6. The Morgan fingerprint density at radius 3 is 1.47 bits per heavy atom. The molecule has 13 N–H and O–H groups in total. The zero-order valence-electron chi connectivity index (χ0n) is 33.1. The van der Waals surface area contributed by atoms with Crippen LogP contribution >= 0.6 is 0 Å². The standard InChI is InChI=1S/C35H47N9O4.2C2HF3O2/c36-22-30(45)39-19-7-8-20-41-35(48)43-24-26-17-15-25(16-18-26)23-42-32(46)29(14-9-21-40-34(37)38)44-33(47)31(27-10-3-1-4-11-27)28-12-5-2-6-13-28;2*3-2(4,5)1(6)7/h1-6,10-13,15-18,29,31H,7-9,14,19-24,36H2,(H,39,45)(H,42,46)(H,44,47)(H4,37,38,40)(H2,41,43,48);2*(H,6,7)/t29-;;/m1../s1. The maximum atomic E-state index is 13.7. The van der Waals surface area contributed by atoms with E-state index in [4.69, 9.17) is 37.0 Å². The third kappa shape index (κ3) is 23.0. The molecule has 0 aliphatic rings. The van der Waals surface area contributed by atoms with Gasteiger partial charge in [0, 0.05) is 32.7 Å². The number of aliphatic carboxylic acids is 2. The zero-order chi connectivity index (χ0) is 46.7. The lowest BCUT2D eigenvalue weighted by atomic mass is 9.90. The van der Waals surface area contributed by atoms with E-state index in [9.17, 15) is 45.5 Å². The highest BCUT2D eigenvalue weighted by atomic mass is 19.4. The molecule has 17 nitrogen and oxygen atoms in total. The number of urea groups is 1. The fraction of sp³-hybridized carbons (Fsp3) is 0.359. The number of amides is 5. The number of aliphatic imine (C=N–C) groups is 1. The van der Waals surface area contributed by atoms with Crippen LogP contribution in [0.15, 0.2) is 89.9 Å². The van der Waals surface area contributed by atoms with Crippen LogP contribution in [0.3, 0.4) is 0 Å². The summed E-state index contributed by atoms with van der Waals surface area (Å²) in [6.07, 6.45) is -7.89. The third-order valence-electron chi connectivity index (χ3n) is 7.93. The SMILES string of the molecule is NCC(=O)NCCCCNC(=O)NCc1ccc(CNC(=O)[C@@H](CCCN=C(N)N)NC(=O)C(c2ccccc2)c2ccccc2)cc1.O=C(O)C(F)(F)F.O=C(O)C(F)(F)F. The number of carbonyl (C=O) groups is 6. The number of carboxylic acids is 2. The Kier molecular flexibility index (Phi) is 23.8. The summed E-state index contributed by atoms with van der Waals surface area (Å²) in [6.45, 7) is 1.87. The summed E-state index contributed by atoms with van der Waals surface area (Å²) in [5.41, 5.74) is 19.6. The van der Waals surface area contributed by atoms with Crippen LogP contribution in [0.25, 0.3) is 0 Å². The number of nitrogens with two attached hydrogens (primary N) is 3. The van der Waals surface area contributed by atoms with E-state index in [1.54, 1.807) is 0 Å². The minimum atomic E-state index is -5.08. The number of nitrogens with zero attached hydrogens (tertiary/aromatic N) is 1. The summed E-state index contributed by atoms with van der Waals surface area (Å²) in [4.78, 5) is 72.2. The average molecular weight is 886 g/mol. The number of hydrogen-bond acceptors (Lipinski definition) is 8. The second kappa shape index (κ2) is 27.8. The van der Waals surface area contributed by atoms with Gasteiger partial charge in [-0.1, -0.05) is 84.9 Å². The molecule has 0 aliphatic carbocycles. The van der Waals surface area contributed by atoms with Gasteiger partial charge in [0.05, 0.1) is 12.5 Å². The highest BCUT2D eigenvalue weighted by Gasteiger charge is 2.39. The van der Waals surface area contributed by atoms with Gasteiger partial charge in [0.2, 0.25) is 17.7 Å². The molecule has 0 saturated heterocycles. The molecule has 340 valence electrons. The first-order valence-corrected chi connectivity index (χ1v) is 18.6. The van der Waals surface area contributed by atoms with Gasteiger partial charge in [0.1, 0.15) is 6.04 Å². The van der Waals surface area contributed by atoms with E-state index in [1.165, 1.54) is 0 Å². The molecule has 0 fully saturated rings. The number of unbranched alkanes of at least 4 members (excludes halogenated alkanes) is 1. The summed E-state index contributed by atoms with van der Waals surface area (Å²) in [5, 5.41) is 28.5. The first-order chi connectivity index (χ1) is 29.1. The molecule has 62 heavy (non-hydrogen) atoms. The van der Waals surface area contributed by atoms with E-state index in [0.29, 0.717) is 39.0 Å². The molecule has 0 aromatic heterocycles.